The number of carbonyl (C=O) groups is 1. The summed E-state index contributed by atoms with van der Waals surface area (Å²) in [7, 11) is 1.37. The van der Waals surface area contributed by atoms with E-state index in [9.17, 15) is 4.79 Å². The zero-order valence-electron chi connectivity index (χ0n) is 9.79. The molecule has 0 aromatic carbocycles. The quantitative estimate of drug-likeness (QED) is 0.631. The fraction of sp³-hybridized carbons (Fsp3) is 0.500. The van der Waals surface area contributed by atoms with Crippen molar-refractivity contribution < 1.29 is 9.53 Å². The Morgan fingerprint density at radius 1 is 1.50 bits per heavy atom. The first kappa shape index (κ1) is 13.2. The third-order valence-electron chi connectivity index (χ3n) is 2.27. The lowest BCUT2D eigenvalue weighted by Gasteiger charge is -2.20. The van der Waals surface area contributed by atoms with Gasteiger partial charge in [-0.15, -0.1) is 0 Å². The van der Waals surface area contributed by atoms with Crippen LogP contribution in [0.1, 0.15) is 29.9 Å². The van der Waals surface area contributed by atoms with E-state index in [2.05, 4.69) is 39.5 Å². The van der Waals surface area contributed by atoms with Crippen LogP contribution in [-0.4, -0.2) is 23.4 Å². The van der Waals surface area contributed by atoms with Crippen molar-refractivity contribution >= 4 is 21.9 Å². The molecule has 0 radical (unpaired) electrons. The van der Waals surface area contributed by atoms with E-state index in [-0.39, 0.29) is 11.4 Å². The molecule has 0 atom stereocenters. The molecule has 0 saturated heterocycles. The molecule has 1 aromatic heterocycles. The van der Waals surface area contributed by atoms with Gasteiger partial charge >= 0.3 is 5.97 Å². The Morgan fingerprint density at radius 2 is 2.19 bits per heavy atom. The number of hydrogen-bond acceptors (Lipinski definition) is 3. The van der Waals surface area contributed by atoms with Gasteiger partial charge in [0, 0.05) is 17.2 Å². The Balaban J connectivity index is 2.76. The number of carbonyl (C=O) groups excluding carboxylic acids is 1. The van der Waals surface area contributed by atoms with E-state index in [1.165, 1.54) is 7.11 Å². The van der Waals surface area contributed by atoms with Crippen molar-refractivity contribution in [3.63, 3.8) is 0 Å². The van der Waals surface area contributed by atoms with Gasteiger partial charge in [0.1, 0.15) is 0 Å². The molecule has 0 N–H and O–H groups in total. The molecule has 0 aliphatic rings. The number of hydrogen-bond donors (Lipinski definition) is 0. The molecule has 16 heavy (non-hydrogen) atoms. The van der Waals surface area contributed by atoms with Crippen molar-refractivity contribution in [1.82, 2.24) is 4.98 Å². The van der Waals surface area contributed by atoms with Crippen LogP contribution in [-0.2, 0) is 11.2 Å². The second kappa shape index (κ2) is 5.43. The summed E-state index contributed by atoms with van der Waals surface area (Å²) in [4.78, 5) is 15.5. The number of nitrogens with zero attached hydrogens (tertiary/aromatic N) is 1. The fourth-order valence-electron chi connectivity index (χ4n) is 1.31. The van der Waals surface area contributed by atoms with Gasteiger partial charge in [0.2, 0.25) is 0 Å². The molecule has 1 rings (SSSR count). The molecule has 1 aromatic rings. The number of aromatic nitrogens is 1. The Bertz CT molecular complexity index is 360. The van der Waals surface area contributed by atoms with Crippen LogP contribution in [0.4, 0.5) is 0 Å². The minimum absolute atomic E-state index is 0.166. The van der Waals surface area contributed by atoms with Gasteiger partial charge in [0.15, 0.2) is 0 Å². The van der Waals surface area contributed by atoms with Gasteiger partial charge in [-0.3, -0.25) is 4.98 Å². The van der Waals surface area contributed by atoms with Gasteiger partial charge in [-0.1, -0.05) is 29.8 Å². The molecular formula is C12H16BrNO2. The van der Waals surface area contributed by atoms with Crippen molar-refractivity contribution in [2.45, 2.75) is 20.3 Å². The van der Waals surface area contributed by atoms with Crippen LogP contribution in [0.3, 0.4) is 0 Å². The van der Waals surface area contributed by atoms with Crippen molar-refractivity contribution in [3.8, 4) is 0 Å². The molecule has 1 heterocycles. The van der Waals surface area contributed by atoms with E-state index in [0.29, 0.717) is 5.56 Å². The van der Waals surface area contributed by atoms with Crippen LogP contribution in [0.5, 0.6) is 0 Å². The lowest BCUT2D eigenvalue weighted by molar-refractivity contribution is 0.0600. The van der Waals surface area contributed by atoms with Gasteiger partial charge in [-0.05, 0) is 24.0 Å². The predicted octanol–water partition coefficient (Wildman–Crippen LogP) is 2.83. The number of esters is 1. The van der Waals surface area contributed by atoms with Crippen LogP contribution in [0.15, 0.2) is 18.3 Å². The van der Waals surface area contributed by atoms with Gasteiger partial charge in [0.25, 0.3) is 0 Å². The summed E-state index contributed by atoms with van der Waals surface area (Å²) in [5.41, 5.74) is 1.64. The molecule has 0 spiro atoms. The summed E-state index contributed by atoms with van der Waals surface area (Å²) in [5, 5.41) is 0.917. The fourth-order valence-corrected chi connectivity index (χ4v) is 1.50. The summed E-state index contributed by atoms with van der Waals surface area (Å²) >= 11 is 3.48. The highest BCUT2D eigenvalue weighted by molar-refractivity contribution is 9.09. The summed E-state index contributed by atoms with van der Waals surface area (Å²) < 4.78 is 4.61. The molecule has 0 bridgehead atoms. The number of ether oxygens (including phenoxy) is 1. The first-order valence-corrected chi connectivity index (χ1v) is 6.20. The average Bonchev–Trinajstić information content (AvgIpc) is 2.28. The van der Waals surface area contributed by atoms with Crippen molar-refractivity contribution in [3.05, 3.63) is 29.6 Å². The minimum atomic E-state index is -0.348. The molecule has 0 unspecified atom stereocenters. The highest BCUT2D eigenvalue weighted by Gasteiger charge is 2.17. The number of methoxy groups -OCH3 is 1. The van der Waals surface area contributed by atoms with Gasteiger partial charge in [-0.2, -0.15) is 0 Å². The van der Waals surface area contributed by atoms with Gasteiger partial charge in [0.05, 0.1) is 12.7 Å². The maximum atomic E-state index is 11.2. The zero-order chi connectivity index (χ0) is 12.2. The van der Waals surface area contributed by atoms with E-state index >= 15 is 0 Å². The van der Waals surface area contributed by atoms with Crippen LogP contribution < -0.4 is 0 Å². The number of pyridine rings is 1. The molecule has 0 amide bonds. The largest absolute Gasteiger partial charge is 0.465 e. The first-order valence-electron chi connectivity index (χ1n) is 5.08. The molecule has 3 nitrogen and oxygen atoms in total. The number of halogens is 1. The monoisotopic (exact) mass is 285 g/mol. The van der Waals surface area contributed by atoms with E-state index in [0.717, 1.165) is 17.4 Å². The summed E-state index contributed by atoms with van der Waals surface area (Å²) in [6, 6.07) is 3.62. The van der Waals surface area contributed by atoms with Gasteiger partial charge in [-0.25, -0.2) is 4.79 Å². The molecule has 0 saturated carbocycles. The third-order valence-corrected chi connectivity index (χ3v) is 3.79. The lowest BCUT2D eigenvalue weighted by Crippen LogP contribution is -2.17. The zero-order valence-corrected chi connectivity index (χ0v) is 11.4. The SMILES string of the molecule is COC(=O)c1ccc(CC(C)(C)CBr)nc1. The van der Waals surface area contributed by atoms with Crippen LogP contribution in [0, 0.1) is 5.41 Å². The highest BCUT2D eigenvalue weighted by Crippen LogP contribution is 2.23. The Kier molecular flexibility index (Phi) is 4.47. The predicted molar refractivity (Wildman–Crippen MR) is 66.9 cm³/mol. The van der Waals surface area contributed by atoms with Crippen LogP contribution >= 0.6 is 15.9 Å². The third kappa shape index (κ3) is 3.59. The van der Waals surface area contributed by atoms with E-state index < -0.39 is 0 Å². The second-order valence-corrected chi connectivity index (χ2v) is 5.07. The lowest BCUT2D eigenvalue weighted by atomic mass is 9.90. The summed E-state index contributed by atoms with van der Waals surface area (Å²) in [6.45, 7) is 4.33. The highest BCUT2D eigenvalue weighted by atomic mass is 79.9. The second-order valence-electron chi connectivity index (χ2n) is 4.50. The smallest absolute Gasteiger partial charge is 0.339 e. The Hall–Kier alpha value is -0.900. The van der Waals surface area contributed by atoms with Gasteiger partial charge < -0.3 is 4.74 Å². The van der Waals surface area contributed by atoms with E-state index in [1.54, 1.807) is 12.3 Å². The van der Waals surface area contributed by atoms with Crippen molar-refractivity contribution in [2.24, 2.45) is 5.41 Å². The average molecular weight is 286 g/mol. The number of alkyl halides is 1. The van der Waals surface area contributed by atoms with Crippen molar-refractivity contribution in [2.75, 3.05) is 12.4 Å². The Labute approximate surface area is 104 Å². The molecule has 4 heteroatoms. The molecule has 0 fully saturated rings. The first-order chi connectivity index (χ1) is 7.48. The molecule has 0 aliphatic carbocycles. The van der Waals surface area contributed by atoms with E-state index in [4.69, 9.17) is 0 Å². The molecular weight excluding hydrogens is 270 g/mol. The number of rotatable bonds is 4. The topological polar surface area (TPSA) is 39.2 Å². The van der Waals surface area contributed by atoms with Crippen molar-refractivity contribution in [1.29, 1.82) is 0 Å². The standard InChI is InChI=1S/C12H16BrNO2/c1-12(2,8-13)6-10-5-4-9(7-14-10)11(15)16-3/h4-5,7H,6,8H2,1-3H3. The maximum absolute atomic E-state index is 11.2. The molecule has 88 valence electrons. The molecule has 0 aliphatic heterocycles. The Morgan fingerprint density at radius 3 is 2.62 bits per heavy atom. The normalized spacial score (nSPS) is 11.2. The van der Waals surface area contributed by atoms with Crippen LogP contribution in [0.25, 0.3) is 0 Å². The summed E-state index contributed by atoms with van der Waals surface area (Å²) in [5.74, 6) is -0.348. The van der Waals surface area contributed by atoms with E-state index in [1.807, 2.05) is 6.07 Å². The summed E-state index contributed by atoms with van der Waals surface area (Å²) in [6.07, 6.45) is 2.44. The maximum Gasteiger partial charge on any atom is 0.339 e. The minimum Gasteiger partial charge on any atom is -0.465 e. The van der Waals surface area contributed by atoms with Crippen LogP contribution in [0.2, 0.25) is 0 Å².